The number of H-pyrrole nitrogens is 1. The zero-order valence-electron chi connectivity index (χ0n) is 9.54. The monoisotopic (exact) mass is 236 g/mol. The second-order valence-electron chi connectivity index (χ2n) is 3.55. The van der Waals surface area contributed by atoms with Crippen molar-refractivity contribution in [3.8, 4) is 17.0 Å². The van der Waals surface area contributed by atoms with Crippen molar-refractivity contribution in [1.29, 1.82) is 0 Å². The van der Waals surface area contributed by atoms with Crippen molar-refractivity contribution < 1.29 is 9.13 Å². The van der Waals surface area contributed by atoms with Crippen molar-refractivity contribution in [2.75, 3.05) is 12.5 Å². The molecule has 0 unspecified atom stereocenters. The minimum Gasteiger partial charge on any atom is -0.496 e. The minimum absolute atomic E-state index is 0.342. The van der Waals surface area contributed by atoms with Crippen LogP contribution in [0.5, 0.6) is 5.75 Å². The van der Waals surface area contributed by atoms with E-state index in [0.717, 1.165) is 5.69 Å². The van der Waals surface area contributed by atoms with Crippen molar-refractivity contribution in [1.82, 2.24) is 9.97 Å². The van der Waals surface area contributed by atoms with Crippen LogP contribution in [0.3, 0.4) is 0 Å². The molecule has 5 nitrogen and oxygen atoms in total. The van der Waals surface area contributed by atoms with E-state index in [-0.39, 0.29) is 5.82 Å². The van der Waals surface area contributed by atoms with Crippen molar-refractivity contribution in [2.24, 2.45) is 5.84 Å². The number of rotatable bonds is 3. The Morgan fingerprint density at radius 1 is 1.47 bits per heavy atom. The maximum absolute atomic E-state index is 13.3. The zero-order chi connectivity index (χ0) is 12.4. The highest BCUT2D eigenvalue weighted by atomic mass is 19.1. The Hall–Kier alpha value is -2.08. The number of anilines is 1. The van der Waals surface area contributed by atoms with Gasteiger partial charge in [-0.2, -0.15) is 0 Å². The summed E-state index contributed by atoms with van der Waals surface area (Å²) in [6.07, 6.45) is 0. The van der Waals surface area contributed by atoms with Gasteiger partial charge in [0, 0.05) is 11.3 Å². The van der Waals surface area contributed by atoms with E-state index in [2.05, 4.69) is 15.4 Å². The molecule has 0 saturated heterocycles. The zero-order valence-corrected chi connectivity index (χ0v) is 9.54. The van der Waals surface area contributed by atoms with Gasteiger partial charge >= 0.3 is 0 Å². The molecule has 0 fully saturated rings. The number of nitrogen functional groups attached to an aromatic ring is 1. The predicted octanol–water partition coefficient (Wildman–Crippen LogP) is 1.82. The Morgan fingerprint density at radius 3 is 2.82 bits per heavy atom. The summed E-state index contributed by atoms with van der Waals surface area (Å²) in [5.41, 5.74) is 4.38. The molecule has 0 aliphatic rings. The number of nitrogens with two attached hydrogens (primary N) is 1. The predicted molar refractivity (Wildman–Crippen MR) is 63.1 cm³/mol. The fourth-order valence-corrected chi connectivity index (χ4v) is 1.66. The Morgan fingerprint density at radius 2 is 2.24 bits per heavy atom. The minimum atomic E-state index is -0.342. The van der Waals surface area contributed by atoms with Gasteiger partial charge in [0.15, 0.2) is 0 Å². The average molecular weight is 236 g/mol. The molecule has 2 aromatic rings. The van der Waals surface area contributed by atoms with E-state index >= 15 is 0 Å². The van der Waals surface area contributed by atoms with Gasteiger partial charge in [-0.05, 0) is 25.1 Å². The first kappa shape index (κ1) is 11.4. The molecule has 0 aliphatic heterocycles. The summed E-state index contributed by atoms with van der Waals surface area (Å²) in [6.45, 7) is 1.83. The lowest BCUT2D eigenvalue weighted by Gasteiger charge is -2.06. The molecule has 0 saturated carbocycles. The molecule has 2 rings (SSSR count). The summed E-state index contributed by atoms with van der Waals surface area (Å²) in [4.78, 5) is 7.15. The third-order valence-electron chi connectivity index (χ3n) is 2.44. The molecule has 1 aromatic carbocycles. The number of ether oxygens (including phenoxy) is 1. The number of halogens is 1. The van der Waals surface area contributed by atoms with Crippen LogP contribution in [0, 0.1) is 12.7 Å². The highest BCUT2D eigenvalue weighted by molar-refractivity contribution is 5.70. The van der Waals surface area contributed by atoms with Gasteiger partial charge in [0.1, 0.15) is 11.6 Å². The molecule has 0 spiro atoms. The van der Waals surface area contributed by atoms with Crippen LogP contribution in [-0.4, -0.2) is 17.1 Å². The Balaban J connectivity index is 2.58. The largest absolute Gasteiger partial charge is 0.496 e. The molecular formula is C11H13FN4O. The Bertz CT molecular complexity index is 538. The first-order valence-electron chi connectivity index (χ1n) is 5.03. The second-order valence-corrected chi connectivity index (χ2v) is 3.55. The molecule has 1 aromatic heterocycles. The van der Waals surface area contributed by atoms with E-state index in [1.54, 1.807) is 6.07 Å². The SMILES string of the molecule is COc1ccc(F)cc1-c1nc(NN)[nH]c1C. The van der Waals surface area contributed by atoms with E-state index in [0.29, 0.717) is 23.0 Å². The van der Waals surface area contributed by atoms with Gasteiger partial charge in [0.2, 0.25) is 5.95 Å². The summed E-state index contributed by atoms with van der Waals surface area (Å²) in [6, 6.07) is 4.28. The number of hydrazine groups is 1. The molecule has 4 N–H and O–H groups in total. The summed E-state index contributed by atoms with van der Waals surface area (Å²) >= 11 is 0. The van der Waals surface area contributed by atoms with Crippen LogP contribution in [0.15, 0.2) is 18.2 Å². The van der Waals surface area contributed by atoms with Crippen LogP contribution in [0.4, 0.5) is 10.3 Å². The van der Waals surface area contributed by atoms with Crippen LogP contribution in [-0.2, 0) is 0 Å². The number of methoxy groups -OCH3 is 1. The number of aromatic nitrogens is 2. The molecule has 0 radical (unpaired) electrons. The topological polar surface area (TPSA) is 76.0 Å². The number of aromatic amines is 1. The number of hydrogen-bond donors (Lipinski definition) is 3. The normalized spacial score (nSPS) is 10.4. The van der Waals surface area contributed by atoms with Crippen molar-refractivity contribution in [3.63, 3.8) is 0 Å². The first-order valence-corrected chi connectivity index (χ1v) is 5.03. The molecule has 1 heterocycles. The van der Waals surface area contributed by atoms with Crippen LogP contribution in [0.1, 0.15) is 5.69 Å². The first-order chi connectivity index (χ1) is 8.15. The maximum Gasteiger partial charge on any atom is 0.215 e. The number of nitrogens with one attached hydrogen (secondary N) is 2. The number of aryl methyl sites for hydroxylation is 1. The molecule has 0 atom stereocenters. The molecule has 90 valence electrons. The third-order valence-corrected chi connectivity index (χ3v) is 2.44. The lowest BCUT2D eigenvalue weighted by Crippen LogP contribution is -2.07. The van der Waals surface area contributed by atoms with Crippen molar-refractivity contribution in [3.05, 3.63) is 29.7 Å². The maximum atomic E-state index is 13.3. The van der Waals surface area contributed by atoms with Crippen LogP contribution in [0.2, 0.25) is 0 Å². The van der Waals surface area contributed by atoms with Gasteiger partial charge in [-0.25, -0.2) is 15.2 Å². The fraction of sp³-hybridized carbons (Fsp3) is 0.182. The fourth-order valence-electron chi connectivity index (χ4n) is 1.66. The van der Waals surface area contributed by atoms with Crippen molar-refractivity contribution >= 4 is 5.95 Å². The smallest absolute Gasteiger partial charge is 0.215 e. The highest BCUT2D eigenvalue weighted by Crippen LogP contribution is 2.31. The summed E-state index contributed by atoms with van der Waals surface area (Å²) in [5, 5.41) is 0. The van der Waals surface area contributed by atoms with E-state index in [1.165, 1.54) is 19.2 Å². The Kier molecular flexibility index (Phi) is 2.97. The molecule has 17 heavy (non-hydrogen) atoms. The van der Waals surface area contributed by atoms with Gasteiger partial charge in [0.25, 0.3) is 0 Å². The van der Waals surface area contributed by atoms with Crippen LogP contribution < -0.4 is 16.0 Å². The van der Waals surface area contributed by atoms with Gasteiger partial charge in [0.05, 0.1) is 12.8 Å². The summed E-state index contributed by atoms with van der Waals surface area (Å²) in [7, 11) is 1.53. The molecule has 6 heteroatoms. The number of benzene rings is 1. The van der Waals surface area contributed by atoms with Crippen LogP contribution in [0.25, 0.3) is 11.3 Å². The molecule has 0 aliphatic carbocycles. The molecule has 0 amide bonds. The second kappa shape index (κ2) is 4.42. The lowest BCUT2D eigenvalue weighted by molar-refractivity contribution is 0.415. The van der Waals surface area contributed by atoms with Gasteiger partial charge in [-0.15, -0.1) is 0 Å². The van der Waals surface area contributed by atoms with Crippen LogP contribution >= 0.6 is 0 Å². The summed E-state index contributed by atoms with van der Waals surface area (Å²) < 4.78 is 18.4. The van der Waals surface area contributed by atoms with Crippen molar-refractivity contribution in [2.45, 2.75) is 6.92 Å². The van der Waals surface area contributed by atoms with Gasteiger partial charge < -0.3 is 9.72 Å². The molecular weight excluding hydrogens is 223 g/mol. The standard InChI is InChI=1S/C11H13FN4O/c1-6-10(15-11(14-6)16-13)8-5-7(12)3-4-9(8)17-2/h3-5H,13H2,1-2H3,(H2,14,15,16). The van der Waals surface area contributed by atoms with E-state index < -0.39 is 0 Å². The number of nitrogens with zero attached hydrogens (tertiary/aromatic N) is 1. The lowest BCUT2D eigenvalue weighted by atomic mass is 10.1. The highest BCUT2D eigenvalue weighted by Gasteiger charge is 2.14. The van der Waals surface area contributed by atoms with Gasteiger partial charge in [-0.3, -0.25) is 5.43 Å². The third kappa shape index (κ3) is 2.07. The Labute approximate surface area is 97.8 Å². The average Bonchev–Trinajstić information content (AvgIpc) is 2.70. The quantitative estimate of drug-likeness (QED) is 0.561. The van der Waals surface area contributed by atoms with E-state index in [9.17, 15) is 4.39 Å². The number of imidazole rings is 1. The van der Waals surface area contributed by atoms with E-state index in [1.807, 2.05) is 6.92 Å². The molecule has 0 bridgehead atoms. The van der Waals surface area contributed by atoms with Gasteiger partial charge in [-0.1, -0.05) is 0 Å². The summed E-state index contributed by atoms with van der Waals surface area (Å²) in [5.74, 6) is 5.90. The van der Waals surface area contributed by atoms with E-state index in [4.69, 9.17) is 10.6 Å². The number of hydrogen-bond acceptors (Lipinski definition) is 4.